The van der Waals surface area contributed by atoms with Crippen LogP contribution in [0.15, 0.2) is 18.2 Å². The minimum Gasteiger partial charge on any atom is -0.370 e. The van der Waals surface area contributed by atoms with E-state index in [1.54, 1.807) is 0 Å². The lowest BCUT2D eigenvalue weighted by Crippen LogP contribution is -2.27. The first-order chi connectivity index (χ1) is 7.25. The van der Waals surface area contributed by atoms with Gasteiger partial charge in [0.1, 0.15) is 0 Å². The lowest BCUT2D eigenvalue weighted by Gasteiger charge is -2.23. The van der Waals surface area contributed by atoms with Gasteiger partial charge in [-0.1, -0.05) is 6.07 Å². The number of nitrogens with zero attached hydrogens (tertiary/aromatic N) is 1. The van der Waals surface area contributed by atoms with Crippen LogP contribution in [0.4, 0.5) is 5.69 Å². The number of benzene rings is 1. The van der Waals surface area contributed by atoms with Crippen molar-refractivity contribution >= 4 is 5.69 Å². The Kier molecular flexibility index (Phi) is 3.27. The van der Waals surface area contributed by atoms with E-state index in [0.717, 1.165) is 19.6 Å². The fourth-order valence-corrected chi connectivity index (χ4v) is 2.24. The summed E-state index contributed by atoms with van der Waals surface area (Å²) in [7, 11) is 0. The van der Waals surface area contributed by atoms with Crippen molar-refractivity contribution in [3.63, 3.8) is 0 Å². The van der Waals surface area contributed by atoms with E-state index in [4.69, 9.17) is 0 Å². The Morgan fingerprint density at radius 1 is 1.00 bits per heavy atom. The van der Waals surface area contributed by atoms with Gasteiger partial charge in [0.15, 0.2) is 0 Å². The maximum Gasteiger partial charge on any atom is 0.0371 e. The van der Waals surface area contributed by atoms with Gasteiger partial charge in [-0.25, -0.2) is 0 Å². The fraction of sp³-hybridized carbons (Fsp3) is 0.538. The number of rotatable bonds is 1. The van der Waals surface area contributed by atoms with Gasteiger partial charge < -0.3 is 10.2 Å². The van der Waals surface area contributed by atoms with Crippen molar-refractivity contribution in [2.75, 3.05) is 31.1 Å². The first-order valence-electron chi connectivity index (χ1n) is 5.80. The molecule has 1 saturated heterocycles. The minimum atomic E-state index is 1.10. The molecule has 82 valence electrons. The Hall–Kier alpha value is -1.02. The first kappa shape index (κ1) is 10.5. The summed E-state index contributed by atoms with van der Waals surface area (Å²) in [5.41, 5.74) is 4.11. The van der Waals surface area contributed by atoms with E-state index in [-0.39, 0.29) is 0 Å². The summed E-state index contributed by atoms with van der Waals surface area (Å²) in [5.74, 6) is 0. The molecule has 1 aromatic carbocycles. The zero-order chi connectivity index (χ0) is 10.7. The molecule has 1 aliphatic heterocycles. The summed E-state index contributed by atoms with van der Waals surface area (Å²) in [5, 5.41) is 3.43. The van der Waals surface area contributed by atoms with Crippen molar-refractivity contribution in [3.05, 3.63) is 29.3 Å². The summed E-state index contributed by atoms with van der Waals surface area (Å²) in [4.78, 5) is 2.49. The molecular formula is C13H20N2. The summed E-state index contributed by atoms with van der Waals surface area (Å²) in [6.07, 6.45) is 1.24. The molecule has 1 fully saturated rings. The standard InChI is InChI=1S/C13H20N2/c1-11-8-12(2)10-13(9-11)15-6-3-4-14-5-7-15/h8-10,14H,3-7H2,1-2H3. The molecule has 1 aliphatic rings. The molecule has 1 N–H and O–H groups in total. The van der Waals surface area contributed by atoms with Crippen molar-refractivity contribution < 1.29 is 0 Å². The third-order valence-corrected chi connectivity index (χ3v) is 2.91. The van der Waals surface area contributed by atoms with E-state index in [1.807, 2.05) is 0 Å². The minimum absolute atomic E-state index is 1.10. The van der Waals surface area contributed by atoms with Crippen LogP contribution in [0.3, 0.4) is 0 Å². The highest BCUT2D eigenvalue weighted by atomic mass is 15.2. The zero-order valence-corrected chi connectivity index (χ0v) is 9.71. The van der Waals surface area contributed by atoms with Gasteiger partial charge in [0.25, 0.3) is 0 Å². The second kappa shape index (κ2) is 4.67. The predicted octanol–water partition coefficient (Wildman–Crippen LogP) is 2.10. The lowest BCUT2D eigenvalue weighted by molar-refractivity contribution is 0.724. The molecule has 15 heavy (non-hydrogen) atoms. The maximum atomic E-state index is 3.43. The molecular weight excluding hydrogens is 184 g/mol. The van der Waals surface area contributed by atoms with Gasteiger partial charge in [0.05, 0.1) is 0 Å². The third kappa shape index (κ3) is 2.72. The van der Waals surface area contributed by atoms with Crippen molar-refractivity contribution in [1.29, 1.82) is 0 Å². The van der Waals surface area contributed by atoms with Crippen molar-refractivity contribution in [2.24, 2.45) is 0 Å². The Morgan fingerprint density at radius 2 is 1.73 bits per heavy atom. The second-order valence-electron chi connectivity index (χ2n) is 4.44. The average molecular weight is 204 g/mol. The van der Waals surface area contributed by atoms with Crippen LogP contribution in [0.5, 0.6) is 0 Å². The smallest absolute Gasteiger partial charge is 0.0371 e. The van der Waals surface area contributed by atoms with Crippen molar-refractivity contribution in [3.8, 4) is 0 Å². The van der Waals surface area contributed by atoms with Crippen LogP contribution < -0.4 is 10.2 Å². The SMILES string of the molecule is Cc1cc(C)cc(N2CCCNCC2)c1. The number of hydrogen-bond acceptors (Lipinski definition) is 2. The lowest BCUT2D eigenvalue weighted by atomic mass is 10.1. The van der Waals surface area contributed by atoms with Crippen LogP contribution in [-0.2, 0) is 0 Å². The second-order valence-corrected chi connectivity index (χ2v) is 4.44. The molecule has 0 unspecified atom stereocenters. The Balaban J connectivity index is 2.19. The molecule has 0 aromatic heterocycles. The van der Waals surface area contributed by atoms with Gasteiger partial charge in [0.2, 0.25) is 0 Å². The van der Waals surface area contributed by atoms with Crippen LogP contribution in [-0.4, -0.2) is 26.2 Å². The molecule has 0 aliphatic carbocycles. The average Bonchev–Trinajstić information content (AvgIpc) is 2.43. The van der Waals surface area contributed by atoms with Crippen LogP contribution >= 0.6 is 0 Å². The van der Waals surface area contributed by atoms with Gasteiger partial charge >= 0.3 is 0 Å². The molecule has 1 aromatic rings. The van der Waals surface area contributed by atoms with Gasteiger partial charge in [0, 0.05) is 25.3 Å². The molecule has 0 atom stereocenters. The van der Waals surface area contributed by atoms with Crippen molar-refractivity contribution in [1.82, 2.24) is 5.32 Å². The Labute approximate surface area is 92.3 Å². The van der Waals surface area contributed by atoms with Gasteiger partial charge in [-0.2, -0.15) is 0 Å². The highest BCUT2D eigenvalue weighted by Crippen LogP contribution is 2.19. The number of anilines is 1. The molecule has 2 heteroatoms. The van der Waals surface area contributed by atoms with Crippen molar-refractivity contribution in [2.45, 2.75) is 20.3 Å². The quantitative estimate of drug-likeness (QED) is 0.753. The van der Waals surface area contributed by atoms with E-state index in [1.165, 1.54) is 29.8 Å². The molecule has 0 amide bonds. The van der Waals surface area contributed by atoms with E-state index in [0.29, 0.717) is 0 Å². The summed E-state index contributed by atoms with van der Waals surface area (Å²) < 4.78 is 0. The van der Waals surface area contributed by atoms with Crippen LogP contribution in [0.1, 0.15) is 17.5 Å². The van der Waals surface area contributed by atoms with Gasteiger partial charge in [-0.15, -0.1) is 0 Å². The predicted molar refractivity (Wildman–Crippen MR) is 65.6 cm³/mol. The van der Waals surface area contributed by atoms with Crippen LogP contribution in [0.25, 0.3) is 0 Å². The maximum absolute atomic E-state index is 3.43. The zero-order valence-electron chi connectivity index (χ0n) is 9.71. The molecule has 0 radical (unpaired) electrons. The van der Waals surface area contributed by atoms with Crippen LogP contribution in [0.2, 0.25) is 0 Å². The fourth-order valence-electron chi connectivity index (χ4n) is 2.24. The van der Waals surface area contributed by atoms with E-state index >= 15 is 0 Å². The van der Waals surface area contributed by atoms with Crippen LogP contribution in [0, 0.1) is 13.8 Å². The topological polar surface area (TPSA) is 15.3 Å². The molecule has 0 bridgehead atoms. The molecule has 2 nitrogen and oxygen atoms in total. The molecule has 0 spiro atoms. The Morgan fingerprint density at radius 3 is 2.47 bits per heavy atom. The summed E-state index contributed by atoms with van der Waals surface area (Å²) >= 11 is 0. The number of hydrogen-bond donors (Lipinski definition) is 1. The normalized spacial score (nSPS) is 17.6. The van der Waals surface area contributed by atoms with E-state index in [2.05, 4.69) is 42.3 Å². The highest BCUT2D eigenvalue weighted by molar-refractivity contribution is 5.51. The molecule has 2 rings (SSSR count). The van der Waals surface area contributed by atoms with Gasteiger partial charge in [-0.05, 0) is 50.1 Å². The molecule has 0 saturated carbocycles. The van der Waals surface area contributed by atoms with Gasteiger partial charge in [-0.3, -0.25) is 0 Å². The third-order valence-electron chi connectivity index (χ3n) is 2.91. The highest BCUT2D eigenvalue weighted by Gasteiger charge is 2.09. The Bertz CT molecular complexity index is 305. The monoisotopic (exact) mass is 204 g/mol. The van der Waals surface area contributed by atoms with E-state index < -0.39 is 0 Å². The number of aryl methyl sites for hydroxylation is 2. The summed E-state index contributed by atoms with van der Waals surface area (Å²) in [6, 6.07) is 6.82. The molecule has 1 heterocycles. The first-order valence-corrected chi connectivity index (χ1v) is 5.80. The van der Waals surface area contributed by atoms with E-state index in [9.17, 15) is 0 Å². The number of nitrogens with one attached hydrogen (secondary N) is 1. The summed E-state index contributed by atoms with van der Waals surface area (Å²) in [6.45, 7) is 8.91. The largest absolute Gasteiger partial charge is 0.370 e.